The Morgan fingerprint density at radius 3 is 2.38 bits per heavy atom. The lowest BCUT2D eigenvalue weighted by atomic mass is 9.86. The molecule has 0 bridgehead atoms. The SMILES string of the molecule is CC(C)CN1CCC(Nc2ccc(Br)cc2)(C(N)=O)CC1. The van der Waals surface area contributed by atoms with Crippen LogP contribution in [0, 0.1) is 5.92 Å². The molecule has 1 heterocycles. The van der Waals surface area contributed by atoms with Crippen molar-refractivity contribution in [1.82, 2.24) is 4.90 Å². The van der Waals surface area contributed by atoms with Crippen molar-refractivity contribution in [3.8, 4) is 0 Å². The summed E-state index contributed by atoms with van der Waals surface area (Å²) in [6.07, 6.45) is 1.51. The minimum absolute atomic E-state index is 0.255. The minimum atomic E-state index is -0.624. The summed E-state index contributed by atoms with van der Waals surface area (Å²) in [7, 11) is 0. The molecule has 0 saturated carbocycles. The lowest BCUT2D eigenvalue weighted by molar-refractivity contribution is -0.123. The smallest absolute Gasteiger partial charge is 0.243 e. The van der Waals surface area contributed by atoms with E-state index in [1.165, 1.54) is 0 Å². The van der Waals surface area contributed by atoms with Gasteiger partial charge in [0, 0.05) is 29.8 Å². The molecule has 3 N–H and O–H groups in total. The molecule has 1 aliphatic rings. The van der Waals surface area contributed by atoms with E-state index >= 15 is 0 Å². The highest BCUT2D eigenvalue weighted by atomic mass is 79.9. The van der Waals surface area contributed by atoms with E-state index in [0.29, 0.717) is 5.92 Å². The summed E-state index contributed by atoms with van der Waals surface area (Å²) < 4.78 is 1.02. The molecular weight excluding hydrogens is 330 g/mol. The number of primary amides is 1. The Morgan fingerprint density at radius 2 is 1.90 bits per heavy atom. The lowest BCUT2D eigenvalue weighted by Gasteiger charge is -2.41. The third-order valence-electron chi connectivity index (χ3n) is 4.03. The van der Waals surface area contributed by atoms with Gasteiger partial charge in [-0.1, -0.05) is 29.8 Å². The maximum Gasteiger partial charge on any atom is 0.243 e. The van der Waals surface area contributed by atoms with Crippen molar-refractivity contribution < 1.29 is 4.79 Å². The molecule has 0 atom stereocenters. The van der Waals surface area contributed by atoms with Crippen molar-refractivity contribution in [2.45, 2.75) is 32.2 Å². The number of nitrogens with zero attached hydrogens (tertiary/aromatic N) is 1. The number of carbonyl (C=O) groups excluding carboxylic acids is 1. The average Bonchev–Trinajstić information content (AvgIpc) is 2.43. The van der Waals surface area contributed by atoms with Gasteiger partial charge in [-0.05, 0) is 43.0 Å². The summed E-state index contributed by atoms with van der Waals surface area (Å²) in [4.78, 5) is 14.4. The van der Waals surface area contributed by atoms with Gasteiger partial charge in [0.2, 0.25) is 5.91 Å². The highest BCUT2D eigenvalue weighted by Crippen LogP contribution is 2.28. The molecule has 2 rings (SSSR count). The molecule has 1 aromatic rings. The predicted molar refractivity (Wildman–Crippen MR) is 90.2 cm³/mol. The number of hydrogen-bond donors (Lipinski definition) is 2. The Kier molecular flexibility index (Phi) is 5.27. The fraction of sp³-hybridized carbons (Fsp3) is 0.562. The van der Waals surface area contributed by atoms with Crippen LogP contribution in [-0.4, -0.2) is 36.0 Å². The van der Waals surface area contributed by atoms with Crippen molar-refractivity contribution in [3.05, 3.63) is 28.7 Å². The summed E-state index contributed by atoms with van der Waals surface area (Å²) in [5, 5.41) is 3.37. The van der Waals surface area contributed by atoms with E-state index in [-0.39, 0.29) is 5.91 Å². The molecule has 1 aliphatic heterocycles. The number of likely N-dealkylation sites (tertiary alicyclic amines) is 1. The van der Waals surface area contributed by atoms with Crippen LogP contribution in [0.15, 0.2) is 28.7 Å². The molecule has 5 heteroatoms. The van der Waals surface area contributed by atoms with Gasteiger partial charge in [0.15, 0.2) is 0 Å². The van der Waals surface area contributed by atoms with E-state index in [2.05, 4.69) is 40.0 Å². The standard InChI is InChI=1S/C16H24BrN3O/c1-12(2)11-20-9-7-16(8-10-20,15(18)21)19-14-5-3-13(17)4-6-14/h3-6,12,19H,7-11H2,1-2H3,(H2,18,21). The number of anilines is 1. The first kappa shape index (κ1) is 16.3. The number of nitrogens with one attached hydrogen (secondary N) is 1. The van der Waals surface area contributed by atoms with Crippen molar-refractivity contribution in [3.63, 3.8) is 0 Å². The molecule has 0 unspecified atom stereocenters. The van der Waals surface area contributed by atoms with Crippen LogP contribution >= 0.6 is 15.9 Å². The van der Waals surface area contributed by atoms with Gasteiger partial charge in [0.1, 0.15) is 5.54 Å². The summed E-state index contributed by atoms with van der Waals surface area (Å²) in [6, 6.07) is 7.86. The molecule has 0 radical (unpaired) electrons. The first-order valence-electron chi connectivity index (χ1n) is 7.47. The summed E-state index contributed by atoms with van der Waals surface area (Å²) >= 11 is 3.42. The summed E-state index contributed by atoms with van der Waals surface area (Å²) in [6.45, 7) is 7.33. The highest BCUT2D eigenvalue weighted by Gasteiger charge is 2.39. The summed E-state index contributed by atoms with van der Waals surface area (Å²) in [5.74, 6) is 0.389. The summed E-state index contributed by atoms with van der Waals surface area (Å²) in [5.41, 5.74) is 6.01. The second-order valence-electron chi connectivity index (χ2n) is 6.27. The van der Waals surface area contributed by atoms with Gasteiger partial charge in [-0.25, -0.2) is 0 Å². The number of carbonyl (C=O) groups is 1. The molecule has 1 saturated heterocycles. The third kappa shape index (κ3) is 4.20. The molecule has 0 spiro atoms. The number of nitrogens with two attached hydrogens (primary N) is 1. The molecule has 1 fully saturated rings. The number of halogens is 1. The number of rotatable bonds is 5. The maximum absolute atomic E-state index is 12.0. The number of amides is 1. The van der Waals surface area contributed by atoms with Gasteiger partial charge >= 0.3 is 0 Å². The van der Waals surface area contributed by atoms with E-state index < -0.39 is 5.54 Å². The van der Waals surface area contributed by atoms with Crippen LogP contribution < -0.4 is 11.1 Å². The van der Waals surface area contributed by atoms with Crippen molar-refractivity contribution in [1.29, 1.82) is 0 Å². The lowest BCUT2D eigenvalue weighted by Crippen LogP contribution is -2.57. The Hall–Kier alpha value is -1.07. The molecule has 4 nitrogen and oxygen atoms in total. The van der Waals surface area contributed by atoms with E-state index in [1.807, 2.05) is 24.3 Å². The number of benzene rings is 1. The van der Waals surface area contributed by atoms with Gasteiger partial charge in [-0.2, -0.15) is 0 Å². The Morgan fingerprint density at radius 1 is 1.33 bits per heavy atom. The van der Waals surface area contributed by atoms with Gasteiger partial charge < -0.3 is 16.0 Å². The van der Waals surface area contributed by atoms with Gasteiger partial charge in [-0.3, -0.25) is 4.79 Å². The highest BCUT2D eigenvalue weighted by molar-refractivity contribution is 9.10. The Balaban J connectivity index is 2.05. The van der Waals surface area contributed by atoms with Crippen LogP contribution in [0.5, 0.6) is 0 Å². The molecule has 0 aliphatic carbocycles. The quantitative estimate of drug-likeness (QED) is 0.855. The monoisotopic (exact) mass is 353 g/mol. The molecule has 21 heavy (non-hydrogen) atoms. The molecule has 1 amide bonds. The van der Waals surface area contributed by atoms with E-state index in [4.69, 9.17) is 5.73 Å². The Bertz CT molecular complexity index is 479. The zero-order chi connectivity index (χ0) is 15.5. The second kappa shape index (κ2) is 6.79. The van der Waals surface area contributed by atoms with Crippen LogP contribution in [0.25, 0.3) is 0 Å². The first-order valence-corrected chi connectivity index (χ1v) is 8.26. The fourth-order valence-electron chi connectivity index (χ4n) is 2.88. The second-order valence-corrected chi connectivity index (χ2v) is 7.19. The van der Waals surface area contributed by atoms with Crippen LogP contribution in [0.1, 0.15) is 26.7 Å². The normalized spacial score (nSPS) is 18.7. The van der Waals surface area contributed by atoms with Crippen molar-refractivity contribution in [2.75, 3.05) is 25.0 Å². The fourth-order valence-corrected chi connectivity index (χ4v) is 3.14. The van der Waals surface area contributed by atoms with E-state index in [0.717, 1.165) is 42.6 Å². The van der Waals surface area contributed by atoms with Gasteiger partial charge in [0.05, 0.1) is 0 Å². The van der Waals surface area contributed by atoms with Crippen LogP contribution in [0.3, 0.4) is 0 Å². The van der Waals surface area contributed by atoms with Gasteiger partial charge in [0.25, 0.3) is 0 Å². The van der Waals surface area contributed by atoms with E-state index in [1.54, 1.807) is 0 Å². The number of piperidine rings is 1. The zero-order valence-corrected chi connectivity index (χ0v) is 14.3. The molecule has 0 aromatic heterocycles. The molecule has 1 aromatic carbocycles. The first-order chi connectivity index (χ1) is 9.91. The van der Waals surface area contributed by atoms with Crippen LogP contribution in [0.2, 0.25) is 0 Å². The average molecular weight is 354 g/mol. The van der Waals surface area contributed by atoms with Crippen molar-refractivity contribution >= 4 is 27.5 Å². The van der Waals surface area contributed by atoms with E-state index in [9.17, 15) is 4.79 Å². The predicted octanol–water partition coefficient (Wildman–Crippen LogP) is 2.84. The van der Waals surface area contributed by atoms with Gasteiger partial charge in [-0.15, -0.1) is 0 Å². The Labute approximate surface area is 135 Å². The number of hydrogen-bond acceptors (Lipinski definition) is 3. The zero-order valence-electron chi connectivity index (χ0n) is 12.7. The minimum Gasteiger partial charge on any atom is -0.371 e. The third-order valence-corrected chi connectivity index (χ3v) is 4.56. The molecule has 116 valence electrons. The molecular formula is C16H24BrN3O. The largest absolute Gasteiger partial charge is 0.371 e. The maximum atomic E-state index is 12.0. The van der Waals surface area contributed by atoms with Crippen LogP contribution in [0.4, 0.5) is 5.69 Å². The topological polar surface area (TPSA) is 58.4 Å². The van der Waals surface area contributed by atoms with Crippen molar-refractivity contribution in [2.24, 2.45) is 11.7 Å². The van der Waals surface area contributed by atoms with Crippen LogP contribution in [-0.2, 0) is 4.79 Å².